The van der Waals surface area contributed by atoms with Crippen molar-refractivity contribution in [3.8, 4) is 0 Å². The quantitative estimate of drug-likeness (QED) is 0.766. The van der Waals surface area contributed by atoms with Crippen LogP contribution >= 0.6 is 23.2 Å². The molecule has 0 aliphatic rings. The number of hydrogen-bond donors (Lipinski definition) is 3. The molecule has 0 aromatic heterocycles. The molecular formula is C17H17Cl2N3O2. The van der Waals surface area contributed by atoms with Gasteiger partial charge in [-0.1, -0.05) is 29.3 Å². The third-order valence-corrected chi connectivity index (χ3v) is 4.01. The molecule has 7 heteroatoms. The number of rotatable bonds is 4. The number of amides is 3. The second-order valence-electron chi connectivity index (χ2n) is 5.15. The second kappa shape index (κ2) is 8.04. The van der Waals surface area contributed by atoms with E-state index in [9.17, 15) is 9.59 Å². The first kappa shape index (κ1) is 18.1. The number of urea groups is 1. The Kier molecular flexibility index (Phi) is 6.06. The minimum absolute atomic E-state index is 0.175. The number of nitrogens with one attached hydrogen (secondary N) is 3. The van der Waals surface area contributed by atoms with Crippen LogP contribution in [0, 0.1) is 6.92 Å². The maximum Gasteiger partial charge on any atom is 0.319 e. The Bertz CT molecular complexity index is 778. The molecule has 0 bridgehead atoms. The lowest BCUT2D eigenvalue weighted by Crippen LogP contribution is -2.28. The lowest BCUT2D eigenvalue weighted by molar-refractivity contribution is 0.0963. The van der Waals surface area contributed by atoms with Gasteiger partial charge in [-0.3, -0.25) is 4.79 Å². The highest BCUT2D eigenvalue weighted by Crippen LogP contribution is 2.21. The first-order chi connectivity index (χ1) is 11.4. The monoisotopic (exact) mass is 365 g/mol. The largest absolute Gasteiger partial charge is 0.355 e. The van der Waals surface area contributed by atoms with Crippen molar-refractivity contribution < 1.29 is 9.59 Å². The summed E-state index contributed by atoms with van der Waals surface area (Å²) in [7, 11) is 1.57. The van der Waals surface area contributed by atoms with Crippen molar-refractivity contribution in [3.05, 3.63) is 63.1 Å². The van der Waals surface area contributed by atoms with E-state index in [2.05, 4.69) is 16.0 Å². The fraction of sp³-hybridized carbons (Fsp3) is 0.176. The average molecular weight is 366 g/mol. The summed E-state index contributed by atoms with van der Waals surface area (Å²) in [4.78, 5) is 23.6. The number of halogens is 2. The molecule has 5 nitrogen and oxygen atoms in total. The van der Waals surface area contributed by atoms with Crippen LogP contribution in [-0.2, 0) is 6.54 Å². The number of carbonyl (C=O) groups is 2. The van der Waals surface area contributed by atoms with Crippen LogP contribution in [0.5, 0.6) is 0 Å². The number of benzene rings is 2. The van der Waals surface area contributed by atoms with Crippen molar-refractivity contribution in [1.29, 1.82) is 0 Å². The van der Waals surface area contributed by atoms with E-state index in [1.54, 1.807) is 43.4 Å². The fourth-order valence-electron chi connectivity index (χ4n) is 2.10. The number of hydrogen-bond acceptors (Lipinski definition) is 2. The highest BCUT2D eigenvalue weighted by Gasteiger charge is 2.09. The minimum atomic E-state index is -0.364. The van der Waals surface area contributed by atoms with Crippen molar-refractivity contribution >= 4 is 40.8 Å². The first-order valence-electron chi connectivity index (χ1n) is 7.22. The van der Waals surface area contributed by atoms with Crippen LogP contribution in [0.3, 0.4) is 0 Å². The van der Waals surface area contributed by atoms with Crippen molar-refractivity contribution in [2.75, 3.05) is 12.4 Å². The summed E-state index contributed by atoms with van der Waals surface area (Å²) in [5.41, 5.74) is 2.72. The van der Waals surface area contributed by atoms with Crippen molar-refractivity contribution in [2.45, 2.75) is 13.5 Å². The van der Waals surface area contributed by atoms with Gasteiger partial charge in [0.25, 0.3) is 5.91 Å². The van der Waals surface area contributed by atoms with Crippen LogP contribution in [0.4, 0.5) is 10.5 Å². The van der Waals surface area contributed by atoms with Crippen LogP contribution in [0.2, 0.25) is 10.0 Å². The van der Waals surface area contributed by atoms with E-state index < -0.39 is 0 Å². The third-order valence-electron chi connectivity index (χ3n) is 3.42. The Morgan fingerprint density at radius 1 is 1.08 bits per heavy atom. The van der Waals surface area contributed by atoms with E-state index in [1.165, 1.54) is 0 Å². The maximum absolute atomic E-state index is 12.0. The van der Waals surface area contributed by atoms with E-state index >= 15 is 0 Å². The zero-order chi connectivity index (χ0) is 17.7. The molecule has 2 aromatic rings. The Labute approximate surface area is 150 Å². The van der Waals surface area contributed by atoms with Crippen molar-refractivity contribution in [2.24, 2.45) is 0 Å². The first-order valence-corrected chi connectivity index (χ1v) is 7.98. The Balaban J connectivity index is 1.98. The molecule has 0 fully saturated rings. The molecule has 0 radical (unpaired) electrons. The molecule has 0 saturated heterocycles. The van der Waals surface area contributed by atoms with E-state index in [0.717, 1.165) is 11.1 Å². The molecule has 126 valence electrons. The normalized spacial score (nSPS) is 10.2. The van der Waals surface area contributed by atoms with E-state index in [4.69, 9.17) is 23.2 Å². The molecule has 0 saturated carbocycles. The smallest absolute Gasteiger partial charge is 0.319 e. The summed E-state index contributed by atoms with van der Waals surface area (Å²) in [5, 5.41) is 9.06. The summed E-state index contributed by atoms with van der Waals surface area (Å²) in [6.45, 7) is 2.09. The van der Waals surface area contributed by atoms with E-state index in [1.807, 2.05) is 6.92 Å². The van der Waals surface area contributed by atoms with Gasteiger partial charge in [0.05, 0.1) is 0 Å². The van der Waals surface area contributed by atoms with Gasteiger partial charge in [0.15, 0.2) is 0 Å². The molecule has 0 spiro atoms. The number of carbonyl (C=O) groups excluding carboxylic acids is 2. The fourth-order valence-corrected chi connectivity index (χ4v) is 2.57. The lowest BCUT2D eigenvalue weighted by Gasteiger charge is -2.12. The van der Waals surface area contributed by atoms with Crippen LogP contribution < -0.4 is 16.0 Å². The lowest BCUT2D eigenvalue weighted by atomic mass is 10.1. The van der Waals surface area contributed by atoms with Gasteiger partial charge in [-0.15, -0.1) is 0 Å². The Morgan fingerprint density at radius 2 is 1.83 bits per heavy atom. The maximum atomic E-state index is 12.0. The van der Waals surface area contributed by atoms with Crippen LogP contribution in [0.15, 0.2) is 36.4 Å². The molecule has 24 heavy (non-hydrogen) atoms. The molecule has 2 aromatic carbocycles. The molecule has 3 N–H and O–H groups in total. The number of aryl methyl sites for hydroxylation is 1. The van der Waals surface area contributed by atoms with Gasteiger partial charge >= 0.3 is 6.03 Å². The predicted molar refractivity (Wildman–Crippen MR) is 96.9 cm³/mol. The van der Waals surface area contributed by atoms with Gasteiger partial charge in [-0.25, -0.2) is 4.79 Å². The standard InChI is InChI=1S/C17H17Cl2N3O2/c1-10-7-11(16(23)20-2)4-6-15(10)22-17(24)21-9-12-3-5-13(18)8-14(12)19/h3-8H,9H2,1-2H3,(H,20,23)(H2,21,22,24). The predicted octanol–water partition coefficient (Wildman–Crippen LogP) is 3.98. The third kappa shape index (κ3) is 4.63. The van der Waals surface area contributed by atoms with Gasteiger partial charge in [0.1, 0.15) is 0 Å². The highest BCUT2D eigenvalue weighted by molar-refractivity contribution is 6.35. The molecule has 3 amide bonds. The molecule has 2 rings (SSSR count). The molecule has 0 heterocycles. The van der Waals surface area contributed by atoms with Gasteiger partial charge in [-0.05, 0) is 48.4 Å². The zero-order valence-electron chi connectivity index (χ0n) is 13.2. The van der Waals surface area contributed by atoms with Gasteiger partial charge < -0.3 is 16.0 Å². The van der Waals surface area contributed by atoms with Crippen LogP contribution in [0.1, 0.15) is 21.5 Å². The molecular weight excluding hydrogens is 349 g/mol. The summed E-state index contributed by atoms with van der Waals surface area (Å²) in [5.74, 6) is -0.175. The van der Waals surface area contributed by atoms with E-state index in [-0.39, 0.29) is 18.5 Å². The zero-order valence-corrected chi connectivity index (χ0v) is 14.8. The topological polar surface area (TPSA) is 70.2 Å². The minimum Gasteiger partial charge on any atom is -0.355 e. The Hall–Kier alpha value is -2.24. The molecule has 0 aliphatic heterocycles. The number of anilines is 1. The average Bonchev–Trinajstić information content (AvgIpc) is 2.55. The SMILES string of the molecule is CNC(=O)c1ccc(NC(=O)NCc2ccc(Cl)cc2Cl)c(C)c1. The van der Waals surface area contributed by atoms with E-state index in [0.29, 0.717) is 21.3 Å². The molecule has 0 aliphatic carbocycles. The summed E-state index contributed by atoms with van der Waals surface area (Å²) in [6, 6.07) is 9.78. The Morgan fingerprint density at radius 3 is 2.46 bits per heavy atom. The molecule has 0 unspecified atom stereocenters. The summed E-state index contributed by atoms with van der Waals surface area (Å²) in [6.07, 6.45) is 0. The summed E-state index contributed by atoms with van der Waals surface area (Å²) >= 11 is 11.9. The summed E-state index contributed by atoms with van der Waals surface area (Å²) < 4.78 is 0. The van der Waals surface area contributed by atoms with Gasteiger partial charge in [-0.2, -0.15) is 0 Å². The van der Waals surface area contributed by atoms with Crippen LogP contribution in [-0.4, -0.2) is 19.0 Å². The second-order valence-corrected chi connectivity index (χ2v) is 6.00. The highest BCUT2D eigenvalue weighted by atomic mass is 35.5. The van der Waals surface area contributed by atoms with Crippen molar-refractivity contribution in [1.82, 2.24) is 10.6 Å². The van der Waals surface area contributed by atoms with Gasteiger partial charge in [0.2, 0.25) is 0 Å². The van der Waals surface area contributed by atoms with Crippen LogP contribution in [0.25, 0.3) is 0 Å². The van der Waals surface area contributed by atoms with Gasteiger partial charge in [0, 0.05) is 34.9 Å². The molecule has 0 atom stereocenters. The van der Waals surface area contributed by atoms with Crippen molar-refractivity contribution in [3.63, 3.8) is 0 Å².